The minimum Gasteiger partial charge on any atom is -0.481 e. The number of halogens is 1. The number of hydrogen-bond donors (Lipinski definition) is 2. The molecule has 0 unspecified atom stereocenters. The van der Waals surface area contributed by atoms with Gasteiger partial charge in [0.1, 0.15) is 5.17 Å². The molecule has 2 aromatic rings. The van der Waals surface area contributed by atoms with Crippen molar-refractivity contribution in [3.63, 3.8) is 0 Å². The number of benzene rings is 2. The highest BCUT2D eigenvalue weighted by molar-refractivity contribution is 8.07. The zero-order chi connectivity index (χ0) is 20.6. The Kier molecular flexibility index (Phi) is 5.11. The summed E-state index contributed by atoms with van der Waals surface area (Å²) < 4.78 is 4.24. The van der Waals surface area contributed by atoms with E-state index in [4.69, 9.17) is 17.3 Å². The van der Waals surface area contributed by atoms with Crippen LogP contribution in [-0.4, -0.2) is 16.2 Å². The molecular weight excluding hydrogens is 404 g/mol. The first kappa shape index (κ1) is 19.6. The maximum absolute atomic E-state index is 11.5. The summed E-state index contributed by atoms with van der Waals surface area (Å²) in [4.78, 5) is 12.3. The number of rotatable bonds is 4. The molecule has 2 aromatic carbocycles. The Morgan fingerprint density at radius 1 is 1.03 bits per heavy atom. The molecule has 0 bridgehead atoms. The molecule has 0 amide bonds. The molecule has 4 rings (SSSR count). The highest BCUT2D eigenvalue weighted by Crippen LogP contribution is 2.48. The van der Waals surface area contributed by atoms with Crippen molar-refractivity contribution in [2.75, 3.05) is 0 Å². The highest BCUT2D eigenvalue weighted by Gasteiger charge is 2.51. The lowest BCUT2D eigenvalue weighted by Gasteiger charge is -2.13. The number of carbonyl (C=O) groups is 1. The van der Waals surface area contributed by atoms with Gasteiger partial charge in [0.25, 0.3) is 0 Å². The molecule has 0 spiro atoms. The van der Waals surface area contributed by atoms with Gasteiger partial charge in [0.2, 0.25) is 0 Å². The Morgan fingerprint density at radius 2 is 1.59 bits per heavy atom. The molecule has 6 heteroatoms. The van der Waals surface area contributed by atoms with Gasteiger partial charge in [0.05, 0.1) is 16.0 Å². The molecule has 3 N–H and O–H groups in total. The molecule has 1 aliphatic carbocycles. The van der Waals surface area contributed by atoms with Gasteiger partial charge in [0.15, 0.2) is 0 Å². The fraction of sp³-hybridized carbons (Fsp3) is 0.130. The average Bonchev–Trinajstić information content (AvgIpc) is 3.54. The number of nitrogens with zero attached hydrogens (tertiary/aromatic N) is 1. The summed E-state index contributed by atoms with van der Waals surface area (Å²) in [5.41, 5.74) is 10.7. The second-order valence-electron chi connectivity index (χ2n) is 7.15. The topological polar surface area (TPSA) is 75.7 Å². The van der Waals surface area contributed by atoms with Crippen molar-refractivity contribution in [3.05, 3.63) is 89.7 Å². The fourth-order valence-electron chi connectivity index (χ4n) is 3.33. The van der Waals surface area contributed by atoms with Crippen LogP contribution in [0.2, 0.25) is 0 Å². The van der Waals surface area contributed by atoms with Crippen LogP contribution >= 0.6 is 23.5 Å². The van der Waals surface area contributed by atoms with Gasteiger partial charge in [-0.25, -0.2) is 0 Å². The maximum atomic E-state index is 11.5. The molecule has 4 nitrogen and oxygen atoms in total. The van der Waals surface area contributed by atoms with Crippen LogP contribution in [0.15, 0.2) is 82.9 Å². The molecule has 0 radical (unpaired) electrons. The number of carboxylic acid groups (broad SMARTS) is 1. The summed E-state index contributed by atoms with van der Waals surface area (Å²) in [6.07, 6.45) is 4.83. The second-order valence-corrected chi connectivity index (χ2v) is 8.31. The van der Waals surface area contributed by atoms with Crippen molar-refractivity contribution < 1.29 is 9.90 Å². The van der Waals surface area contributed by atoms with E-state index in [9.17, 15) is 9.90 Å². The van der Waals surface area contributed by atoms with Gasteiger partial charge in [0, 0.05) is 11.9 Å². The minimum absolute atomic E-state index is 0.382. The van der Waals surface area contributed by atoms with E-state index in [1.807, 2.05) is 48.5 Å². The molecule has 1 aliphatic heterocycles. The average molecular weight is 423 g/mol. The maximum Gasteiger partial charge on any atom is 0.314 e. The summed E-state index contributed by atoms with van der Waals surface area (Å²) in [5.74, 6) is -0.739. The van der Waals surface area contributed by atoms with Crippen LogP contribution in [0.5, 0.6) is 0 Å². The predicted octanol–water partition coefficient (Wildman–Crippen LogP) is 5.51. The number of allylic oxidation sites excluding steroid dienone is 2. The molecule has 146 valence electrons. The van der Waals surface area contributed by atoms with Crippen LogP contribution in [0, 0.1) is 0 Å². The summed E-state index contributed by atoms with van der Waals surface area (Å²) in [5, 5.41) is 9.83. The molecule has 1 heterocycles. The van der Waals surface area contributed by atoms with Crippen molar-refractivity contribution in [1.82, 2.24) is 0 Å². The zero-order valence-electron chi connectivity index (χ0n) is 15.6. The van der Waals surface area contributed by atoms with Gasteiger partial charge in [-0.2, -0.15) is 4.40 Å². The first-order chi connectivity index (χ1) is 13.9. The SMILES string of the molecule is C=C1/C=C\C(Cl)=NSC(c2ccc(-c3ccc(C4(C(=O)O)CC4)cc3)cc2)=C1N. The van der Waals surface area contributed by atoms with Crippen molar-refractivity contribution in [2.24, 2.45) is 10.1 Å². The standard InChI is InChI=1S/C23H19ClN2O2S/c1-14-2-11-19(24)26-29-21(20(14)25)17-5-3-15(4-6-17)16-7-9-18(10-8-16)23(12-13-23)22(27)28/h2-11H,1,12-13,25H2,(H,27,28)/b11-2-,21-20?,26-19?. The Labute approximate surface area is 178 Å². The van der Waals surface area contributed by atoms with E-state index in [1.165, 1.54) is 11.9 Å². The van der Waals surface area contributed by atoms with Gasteiger partial charge in [-0.3, -0.25) is 4.79 Å². The second kappa shape index (κ2) is 7.58. The fourth-order valence-corrected chi connectivity index (χ4v) is 4.21. The smallest absolute Gasteiger partial charge is 0.314 e. The third-order valence-electron chi connectivity index (χ3n) is 5.31. The Bertz CT molecular complexity index is 1080. The highest BCUT2D eigenvalue weighted by atomic mass is 35.5. The summed E-state index contributed by atoms with van der Waals surface area (Å²) in [6.45, 7) is 3.98. The lowest BCUT2D eigenvalue weighted by molar-refractivity contribution is -0.140. The van der Waals surface area contributed by atoms with Crippen LogP contribution in [0.25, 0.3) is 16.0 Å². The van der Waals surface area contributed by atoms with Crippen molar-refractivity contribution >= 4 is 39.6 Å². The van der Waals surface area contributed by atoms with Crippen molar-refractivity contribution in [1.29, 1.82) is 0 Å². The molecular formula is C23H19ClN2O2S. The normalized spacial score (nSPS) is 19.2. The Morgan fingerprint density at radius 3 is 2.14 bits per heavy atom. The lowest BCUT2D eigenvalue weighted by Crippen LogP contribution is -2.19. The molecule has 1 fully saturated rings. The van der Waals surface area contributed by atoms with Crippen LogP contribution in [0.1, 0.15) is 24.0 Å². The van der Waals surface area contributed by atoms with Crippen LogP contribution in [0.3, 0.4) is 0 Å². The van der Waals surface area contributed by atoms with E-state index in [0.29, 0.717) is 29.3 Å². The van der Waals surface area contributed by atoms with E-state index in [1.54, 1.807) is 12.2 Å². The Balaban J connectivity index is 1.60. The van der Waals surface area contributed by atoms with E-state index in [-0.39, 0.29) is 0 Å². The van der Waals surface area contributed by atoms with Gasteiger partial charge in [-0.05, 0) is 46.7 Å². The molecule has 0 saturated heterocycles. The molecule has 0 atom stereocenters. The zero-order valence-corrected chi connectivity index (χ0v) is 17.1. The summed E-state index contributed by atoms with van der Waals surface area (Å²) in [6, 6.07) is 15.8. The van der Waals surface area contributed by atoms with Gasteiger partial charge in [-0.1, -0.05) is 72.8 Å². The molecule has 2 aliphatic rings. The van der Waals surface area contributed by atoms with Gasteiger partial charge < -0.3 is 10.8 Å². The minimum atomic E-state index is -0.739. The van der Waals surface area contributed by atoms with Crippen molar-refractivity contribution in [3.8, 4) is 11.1 Å². The van der Waals surface area contributed by atoms with Crippen molar-refractivity contribution in [2.45, 2.75) is 18.3 Å². The third-order valence-corrected chi connectivity index (χ3v) is 6.55. The van der Waals surface area contributed by atoms with E-state index in [0.717, 1.165) is 27.2 Å². The van der Waals surface area contributed by atoms with Crippen LogP contribution in [0.4, 0.5) is 0 Å². The Hall–Kier alpha value is -2.76. The molecule has 0 aromatic heterocycles. The van der Waals surface area contributed by atoms with Gasteiger partial charge in [-0.15, -0.1) is 0 Å². The van der Waals surface area contributed by atoms with E-state index < -0.39 is 11.4 Å². The quantitative estimate of drug-likeness (QED) is 0.637. The summed E-state index contributed by atoms with van der Waals surface area (Å²) >= 11 is 7.26. The molecule has 29 heavy (non-hydrogen) atoms. The lowest BCUT2D eigenvalue weighted by atomic mass is 9.93. The predicted molar refractivity (Wildman–Crippen MR) is 121 cm³/mol. The first-order valence-electron chi connectivity index (χ1n) is 9.13. The monoisotopic (exact) mass is 422 g/mol. The number of hydrogen-bond acceptors (Lipinski definition) is 4. The number of nitrogens with two attached hydrogens (primary N) is 1. The largest absolute Gasteiger partial charge is 0.481 e. The van der Waals surface area contributed by atoms with Crippen LogP contribution < -0.4 is 5.73 Å². The van der Waals surface area contributed by atoms with E-state index in [2.05, 4.69) is 11.0 Å². The van der Waals surface area contributed by atoms with Gasteiger partial charge >= 0.3 is 5.97 Å². The summed E-state index contributed by atoms with van der Waals surface area (Å²) in [7, 11) is 0. The van der Waals surface area contributed by atoms with Crippen LogP contribution in [-0.2, 0) is 10.2 Å². The third kappa shape index (κ3) is 3.76. The first-order valence-corrected chi connectivity index (χ1v) is 10.3. The van der Waals surface area contributed by atoms with E-state index >= 15 is 0 Å². The number of aliphatic carboxylic acids is 1. The number of carboxylic acids is 1. The molecule has 1 saturated carbocycles.